The molecule has 78 valence electrons. The van der Waals surface area contributed by atoms with Crippen molar-refractivity contribution in [2.75, 3.05) is 0 Å². The molecule has 0 aromatic heterocycles. The predicted octanol–water partition coefficient (Wildman–Crippen LogP) is 2.96. The highest BCUT2D eigenvalue weighted by atomic mass is 19.3. The van der Waals surface area contributed by atoms with Gasteiger partial charge in [0.15, 0.2) is 0 Å². The van der Waals surface area contributed by atoms with Crippen molar-refractivity contribution in [3.05, 3.63) is 36.4 Å². The molecule has 0 bridgehead atoms. The highest BCUT2D eigenvalue weighted by molar-refractivity contribution is 5.32. The summed E-state index contributed by atoms with van der Waals surface area (Å²) in [6, 6.07) is 2.98. The van der Waals surface area contributed by atoms with Gasteiger partial charge in [0.25, 0.3) is 6.26 Å². The third kappa shape index (κ3) is 3.23. The van der Waals surface area contributed by atoms with Crippen LogP contribution in [0.3, 0.4) is 0 Å². The summed E-state index contributed by atoms with van der Waals surface area (Å²) < 4.78 is 44.1. The van der Waals surface area contributed by atoms with Crippen LogP contribution in [-0.4, -0.2) is 0 Å². The molecule has 0 saturated carbocycles. The van der Waals surface area contributed by atoms with Crippen LogP contribution in [0.1, 0.15) is 0 Å². The Balaban J connectivity index is 2.74. The van der Waals surface area contributed by atoms with Gasteiger partial charge in [0.2, 0.25) is 0 Å². The number of halogens is 3. The number of hydrogen-bond donors (Lipinski definition) is 0. The maximum atomic E-state index is 12.3. The van der Waals surface area contributed by atoms with Crippen molar-refractivity contribution in [2.24, 2.45) is 0 Å². The van der Waals surface area contributed by atoms with Crippen molar-refractivity contribution < 1.29 is 22.6 Å². The first-order valence-electron chi connectivity index (χ1n) is 3.68. The lowest BCUT2D eigenvalue weighted by molar-refractivity contribution is 0.241. The largest absolute Gasteiger partial charge is 0.428 e. The van der Waals surface area contributed by atoms with Crippen LogP contribution in [0.4, 0.5) is 13.2 Å². The standard InChI is InChI=1S/C9H4F3NO2/c10-8(11)9(12)15-7-3-1-6(2-4-7)14-5-13/h1-4H. The van der Waals surface area contributed by atoms with Crippen molar-refractivity contribution in [1.82, 2.24) is 0 Å². The zero-order valence-electron chi connectivity index (χ0n) is 7.21. The molecule has 0 atom stereocenters. The Morgan fingerprint density at radius 3 is 2.07 bits per heavy atom. The number of nitrogens with zero attached hydrogens (tertiary/aromatic N) is 1. The summed E-state index contributed by atoms with van der Waals surface area (Å²) >= 11 is 0. The maximum absolute atomic E-state index is 12.3. The van der Waals surface area contributed by atoms with Crippen LogP contribution in [0.15, 0.2) is 36.4 Å². The second kappa shape index (κ2) is 4.91. The molecule has 0 heterocycles. The zero-order chi connectivity index (χ0) is 11.3. The van der Waals surface area contributed by atoms with Crippen LogP contribution in [0, 0.1) is 11.5 Å². The molecule has 6 heteroatoms. The number of ether oxygens (including phenoxy) is 2. The normalized spacial score (nSPS) is 8.93. The van der Waals surface area contributed by atoms with E-state index in [1.54, 1.807) is 0 Å². The van der Waals surface area contributed by atoms with Crippen molar-refractivity contribution in [3.63, 3.8) is 0 Å². The molecule has 0 aliphatic heterocycles. The molecule has 3 nitrogen and oxygen atoms in total. The molecule has 0 aliphatic rings. The monoisotopic (exact) mass is 215 g/mol. The minimum Gasteiger partial charge on any atom is -0.428 e. The van der Waals surface area contributed by atoms with E-state index in [9.17, 15) is 13.2 Å². The molecule has 15 heavy (non-hydrogen) atoms. The van der Waals surface area contributed by atoms with Crippen LogP contribution in [0.5, 0.6) is 11.5 Å². The number of rotatable bonds is 3. The molecule has 0 fully saturated rings. The van der Waals surface area contributed by atoms with Gasteiger partial charge in [0, 0.05) is 0 Å². The third-order valence-electron chi connectivity index (χ3n) is 1.34. The second-order valence-electron chi connectivity index (χ2n) is 2.30. The van der Waals surface area contributed by atoms with E-state index in [0.717, 1.165) is 0 Å². The Hall–Kier alpha value is -2.16. The lowest BCUT2D eigenvalue weighted by atomic mass is 10.3. The number of nitriles is 1. The van der Waals surface area contributed by atoms with Gasteiger partial charge in [-0.1, -0.05) is 0 Å². The minimum atomic E-state index is -2.53. The molecule has 0 aliphatic carbocycles. The molecular formula is C9H4F3NO2. The molecule has 1 aromatic rings. The smallest absolute Gasteiger partial charge is 0.344 e. The van der Waals surface area contributed by atoms with Crippen LogP contribution >= 0.6 is 0 Å². The third-order valence-corrected chi connectivity index (χ3v) is 1.34. The fraction of sp³-hybridized carbons (Fsp3) is 0. The Labute approximate surface area is 83.0 Å². The van der Waals surface area contributed by atoms with E-state index in [1.165, 1.54) is 30.5 Å². The van der Waals surface area contributed by atoms with E-state index in [-0.39, 0.29) is 11.5 Å². The van der Waals surface area contributed by atoms with Gasteiger partial charge in [0.1, 0.15) is 11.5 Å². The summed E-state index contributed by atoms with van der Waals surface area (Å²) in [7, 11) is 0. The van der Waals surface area contributed by atoms with Crippen LogP contribution in [-0.2, 0) is 0 Å². The Kier molecular flexibility index (Phi) is 3.57. The first kappa shape index (κ1) is 10.9. The van der Waals surface area contributed by atoms with Crippen molar-refractivity contribution in [2.45, 2.75) is 0 Å². The van der Waals surface area contributed by atoms with Crippen LogP contribution in [0.25, 0.3) is 0 Å². The topological polar surface area (TPSA) is 42.2 Å². The van der Waals surface area contributed by atoms with E-state index in [4.69, 9.17) is 5.26 Å². The molecule has 0 unspecified atom stereocenters. The van der Waals surface area contributed by atoms with Gasteiger partial charge < -0.3 is 9.47 Å². The summed E-state index contributed by atoms with van der Waals surface area (Å²) in [5.74, 6) is 0.0838. The predicted molar refractivity (Wildman–Crippen MR) is 43.7 cm³/mol. The highest BCUT2D eigenvalue weighted by Crippen LogP contribution is 2.21. The molecule has 0 spiro atoms. The molecule has 1 rings (SSSR count). The molecule has 0 saturated heterocycles. The first-order valence-corrected chi connectivity index (χ1v) is 3.68. The Morgan fingerprint density at radius 2 is 1.60 bits per heavy atom. The second-order valence-corrected chi connectivity index (χ2v) is 2.30. The van der Waals surface area contributed by atoms with E-state index < -0.39 is 12.1 Å². The van der Waals surface area contributed by atoms with Gasteiger partial charge in [-0.25, -0.2) is 0 Å². The minimum absolute atomic E-state index is 0.120. The van der Waals surface area contributed by atoms with Crippen LogP contribution < -0.4 is 9.47 Å². The van der Waals surface area contributed by atoms with E-state index in [2.05, 4.69) is 9.47 Å². The molecule has 0 N–H and O–H groups in total. The summed E-state index contributed by atoms with van der Waals surface area (Å²) in [6.45, 7) is 0. The number of hydrogen-bond acceptors (Lipinski definition) is 3. The van der Waals surface area contributed by atoms with Crippen molar-refractivity contribution >= 4 is 0 Å². The molecule has 0 amide bonds. The molecule has 1 aromatic carbocycles. The van der Waals surface area contributed by atoms with Crippen molar-refractivity contribution in [3.8, 4) is 17.8 Å². The summed E-state index contributed by atoms with van der Waals surface area (Å²) in [4.78, 5) is 0. The average molecular weight is 215 g/mol. The number of benzene rings is 1. The fourth-order valence-electron chi connectivity index (χ4n) is 0.770. The lowest BCUT2D eigenvalue weighted by Gasteiger charge is -2.01. The van der Waals surface area contributed by atoms with Gasteiger partial charge >= 0.3 is 12.1 Å². The van der Waals surface area contributed by atoms with Gasteiger partial charge in [-0.15, -0.1) is 5.26 Å². The van der Waals surface area contributed by atoms with Gasteiger partial charge in [-0.2, -0.15) is 13.2 Å². The van der Waals surface area contributed by atoms with Crippen molar-refractivity contribution in [1.29, 1.82) is 5.26 Å². The Bertz CT molecular complexity index is 404. The summed E-state index contributed by atoms with van der Waals surface area (Å²) in [5, 5.41) is 8.14. The van der Waals surface area contributed by atoms with E-state index >= 15 is 0 Å². The van der Waals surface area contributed by atoms with Crippen LogP contribution in [0.2, 0.25) is 0 Å². The SMILES string of the molecule is N#COc1ccc(OC(F)=C(F)F)cc1. The quantitative estimate of drug-likeness (QED) is 0.575. The average Bonchev–Trinajstić information content (AvgIpc) is 2.21. The summed E-state index contributed by atoms with van der Waals surface area (Å²) in [6.07, 6.45) is -1.12. The van der Waals surface area contributed by atoms with E-state index in [0.29, 0.717) is 0 Å². The molecule has 0 radical (unpaired) electrons. The maximum Gasteiger partial charge on any atom is 0.344 e. The van der Waals surface area contributed by atoms with Gasteiger partial charge in [-0.05, 0) is 24.3 Å². The highest BCUT2D eigenvalue weighted by Gasteiger charge is 2.07. The van der Waals surface area contributed by atoms with Gasteiger partial charge in [0.05, 0.1) is 0 Å². The first-order chi connectivity index (χ1) is 7.13. The molecular weight excluding hydrogens is 211 g/mol. The summed E-state index contributed by atoms with van der Waals surface area (Å²) in [5.41, 5.74) is 0. The lowest BCUT2D eigenvalue weighted by Crippen LogP contribution is -1.90. The Morgan fingerprint density at radius 1 is 1.07 bits per heavy atom. The zero-order valence-corrected chi connectivity index (χ0v) is 7.21. The van der Waals surface area contributed by atoms with Gasteiger partial charge in [-0.3, -0.25) is 0 Å². The fourth-order valence-corrected chi connectivity index (χ4v) is 0.770. The van der Waals surface area contributed by atoms with E-state index in [1.807, 2.05) is 0 Å².